The lowest BCUT2D eigenvalue weighted by Gasteiger charge is -2.09. The number of amides is 2. The molecule has 3 aromatic carbocycles. The van der Waals surface area contributed by atoms with Crippen molar-refractivity contribution in [2.24, 2.45) is 5.10 Å². The zero-order chi connectivity index (χ0) is 22.1. The number of carbonyl (C=O) groups excluding carboxylic acids is 2. The smallest absolute Gasteiger partial charge is 0.277 e. The third kappa shape index (κ3) is 6.17. The predicted octanol–water partition coefficient (Wildman–Crippen LogP) is 3.87. The van der Waals surface area contributed by atoms with Gasteiger partial charge in [0.15, 0.2) is 18.1 Å². The standard InChI is InChI=1S/C24H23N3O4/c1-17(26-27-23(28)16-31-22-11-7-6-10-21(22)30-2)18-12-14-20(15-13-18)25-24(29)19-8-4-3-5-9-19/h3-15H,16H2,1-2H3,(H,25,29)(H,27,28)/b26-17-. The number of nitrogens with one attached hydrogen (secondary N) is 2. The van der Waals surface area contributed by atoms with Gasteiger partial charge >= 0.3 is 0 Å². The molecule has 0 heterocycles. The van der Waals surface area contributed by atoms with Gasteiger partial charge in [-0.05, 0) is 48.9 Å². The van der Waals surface area contributed by atoms with Crippen LogP contribution < -0.4 is 20.2 Å². The molecule has 0 unspecified atom stereocenters. The maximum absolute atomic E-state index is 12.2. The highest BCUT2D eigenvalue weighted by Gasteiger charge is 2.08. The van der Waals surface area contributed by atoms with E-state index in [1.807, 2.05) is 36.4 Å². The fraction of sp³-hybridized carbons (Fsp3) is 0.125. The van der Waals surface area contributed by atoms with Gasteiger partial charge in [0.2, 0.25) is 0 Å². The van der Waals surface area contributed by atoms with Crippen molar-refractivity contribution in [3.63, 3.8) is 0 Å². The Balaban J connectivity index is 1.52. The van der Waals surface area contributed by atoms with Crippen molar-refractivity contribution in [3.05, 3.63) is 90.0 Å². The second kappa shape index (κ2) is 10.6. The quantitative estimate of drug-likeness (QED) is 0.430. The molecule has 31 heavy (non-hydrogen) atoms. The number of anilines is 1. The van der Waals surface area contributed by atoms with Gasteiger partial charge in [0.25, 0.3) is 11.8 Å². The first-order chi connectivity index (χ1) is 15.1. The van der Waals surface area contributed by atoms with Crippen LogP contribution in [0.25, 0.3) is 0 Å². The molecule has 158 valence electrons. The number of para-hydroxylation sites is 2. The zero-order valence-corrected chi connectivity index (χ0v) is 17.3. The number of hydrazone groups is 1. The number of hydrogen-bond acceptors (Lipinski definition) is 5. The number of hydrogen-bond donors (Lipinski definition) is 2. The fourth-order valence-electron chi connectivity index (χ4n) is 2.71. The van der Waals surface area contributed by atoms with Gasteiger partial charge in [0.1, 0.15) is 0 Å². The van der Waals surface area contributed by atoms with Crippen LogP contribution in [-0.4, -0.2) is 31.2 Å². The van der Waals surface area contributed by atoms with Crippen LogP contribution in [0.4, 0.5) is 5.69 Å². The molecule has 3 aromatic rings. The van der Waals surface area contributed by atoms with Gasteiger partial charge < -0.3 is 14.8 Å². The molecule has 3 rings (SSSR count). The SMILES string of the molecule is COc1ccccc1OCC(=O)N/N=C(/C)c1ccc(NC(=O)c2ccccc2)cc1. The summed E-state index contributed by atoms with van der Waals surface area (Å²) in [5.74, 6) is 0.460. The third-order valence-electron chi connectivity index (χ3n) is 4.37. The lowest BCUT2D eigenvalue weighted by atomic mass is 10.1. The molecule has 0 aliphatic rings. The Morgan fingerprint density at radius 1 is 0.839 bits per heavy atom. The minimum Gasteiger partial charge on any atom is -0.493 e. The first-order valence-electron chi connectivity index (χ1n) is 9.62. The van der Waals surface area contributed by atoms with Gasteiger partial charge in [0, 0.05) is 11.3 Å². The normalized spacial score (nSPS) is 10.8. The molecule has 0 aliphatic heterocycles. The molecule has 7 heteroatoms. The van der Waals surface area contributed by atoms with E-state index in [1.54, 1.807) is 49.4 Å². The highest BCUT2D eigenvalue weighted by atomic mass is 16.5. The highest BCUT2D eigenvalue weighted by Crippen LogP contribution is 2.25. The van der Waals surface area contributed by atoms with Crippen LogP contribution in [-0.2, 0) is 4.79 Å². The van der Waals surface area contributed by atoms with Gasteiger partial charge in [-0.1, -0.05) is 42.5 Å². The summed E-state index contributed by atoms with van der Waals surface area (Å²) >= 11 is 0. The van der Waals surface area contributed by atoms with Gasteiger partial charge in [-0.2, -0.15) is 5.10 Å². The van der Waals surface area contributed by atoms with Crippen molar-refractivity contribution in [1.29, 1.82) is 0 Å². The Morgan fingerprint density at radius 2 is 1.48 bits per heavy atom. The molecule has 0 spiro atoms. The van der Waals surface area contributed by atoms with Crippen molar-refractivity contribution < 1.29 is 19.1 Å². The molecule has 0 bridgehead atoms. The summed E-state index contributed by atoms with van der Waals surface area (Å²) in [6.07, 6.45) is 0. The molecule has 0 aromatic heterocycles. The summed E-state index contributed by atoms with van der Waals surface area (Å²) in [6.45, 7) is 1.58. The Hall–Kier alpha value is -4.13. The topological polar surface area (TPSA) is 89.0 Å². The highest BCUT2D eigenvalue weighted by molar-refractivity contribution is 6.05. The van der Waals surface area contributed by atoms with Crippen molar-refractivity contribution in [3.8, 4) is 11.5 Å². The van der Waals surface area contributed by atoms with Gasteiger partial charge in [0.05, 0.1) is 12.8 Å². The third-order valence-corrected chi connectivity index (χ3v) is 4.37. The molecule has 2 amide bonds. The van der Waals surface area contributed by atoms with Crippen molar-refractivity contribution >= 4 is 23.2 Å². The van der Waals surface area contributed by atoms with E-state index in [4.69, 9.17) is 9.47 Å². The number of rotatable bonds is 8. The minimum absolute atomic E-state index is 0.180. The van der Waals surface area contributed by atoms with Gasteiger partial charge in [-0.15, -0.1) is 0 Å². The Kier molecular flexibility index (Phi) is 7.37. The maximum atomic E-state index is 12.2. The van der Waals surface area contributed by atoms with E-state index in [9.17, 15) is 9.59 Å². The lowest BCUT2D eigenvalue weighted by Crippen LogP contribution is -2.25. The van der Waals surface area contributed by atoms with E-state index in [0.717, 1.165) is 5.56 Å². The monoisotopic (exact) mass is 417 g/mol. The van der Waals surface area contributed by atoms with Crippen LogP contribution in [0.2, 0.25) is 0 Å². The molecule has 0 saturated heterocycles. The largest absolute Gasteiger partial charge is 0.493 e. The number of benzene rings is 3. The van der Waals surface area contributed by atoms with Crippen LogP contribution in [0.3, 0.4) is 0 Å². The van der Waals surface area contributed by atoms with E-state index in [2.05, 4.69) is 15.8 Å². The van der Waals surface area contributed by atoms with Crippen LogP contribution in [0.15, 0.2) is 84.0 Å². The van der Waals surface area contributed by atoms with E-state index in [0.29, 0.717) is 28.5 Å². The molecule has 7 nitrogen and oxygen atoms in total. The summed E-state index contributed by atoms with van der Waals surface area (Å²) in [7, 11) is 1.54. The number of methoxy groups -OCH3 is 1. The van der Waals surface area contributed by atoms with Crippen LogP contribution in [0.5, 0.6) is 11.5 Å². The summed E-state index contributed by atoms with van der Waals surface area (Å²) < 4.78 is 10.7. The van der Waals surface area contributed by atoms with Crippen molar-refractivity contribution in [2.45, 2.75) is 6.92 Å². The predicted molar refractivity (Wildman–Crippen MR) is 120 cm³/mol. The van der Waals surface area contributed by atoms with Gasteiger partial charge in [-0.25, -0.2) is 5.43 Å². The maximum Gasteiger partial charge on any atom is 0.277 e. The molecule has 0 saturated carbocycles. The van der Waals surface area contributed by atoms with Crippen LogP contribution in [0, 0.1) is 0 Å². The van der Waals surface area contributed by atoms with Crippen molar-refractivity contribution in [1.82, 2.24) is 5.43 Å². The number of carbonyl (C=O) groups is 2. The minimum atomic E-state index is -0.392. The van der Waals surface area contributed by atoms with E-state index < -0.39 is 5.91 Å². The van der Waals surface area contributed by atoms with E-state index in [-0.39, 0.29) is 12.5 Å². The Labute approximate surface area is 180 Å². The van der Waals surface area contributed by atoms with E-state index >= 15 is 0 Å². The fourth-order valence-corrected chi connectivity index (χ4v) is 2.71. The van der Waals surface area contributed by atoms with E-state index in [1.165, 1.54) is 7.11 Å². The molecule has 0 aliphatic carbocycles. The average molecular weight is 417 g/mol. The molecular weight excluding hydrogens is 394 g/mol. The Morgan fingerprint density at radius 3 is 2.16 bits per heavy atom. The van der Waals surface area contributed by atoms with Crippen LogP contribution in [0.1, 0.15) is 22.8 Å². The molecule has 2 N–H and O–H groups in total. The van der Waals surface area contributed by atoms with Crippen molar-refractivity contribution in [2.75, 3.05) is 19.0 Å². The molecule has 0 radical (unpaired) electrons. The summed E-state index contributed by atoms with van der Waals surface area (Å²) in [5, 5.41) is 6.95. The molecule has 0 atom stereocenters. The second-order valence-corrected chi connectivity index (χ2v) is 6.57. The van der Waals surface area contributed by atoms with Crippen LogP contribution >= 0.6 is 0 Å². The summed E-state index contributed by atoms with van der Waals surface area (Å²) in [5.41, 5.74) is 5.15. The molecular formula is C24H23N3O4. The lowest BCUT2D eigenvalue weighted by molar-refractivity contribution is -0.123. The summed E-state index contributed by atoms with van der Waals surface area (Å²) in [4.78, 5) is 24.2. The zero-order valence-electron chi connectivity index (χ0n) is 17.3. The Bertz CT molecular complexity index is 1060. The first kappa shape index (κ1) is 21.6. The number of nitrogens with zero attached hydrogens (tertiary/aromatic N) is 1. The average Bonchev–Trinajstić information content (AvgIpc) is 2.82. The summed E-state index contributed by atoms with van der Waals surface area (Å²) in [6, 6.07) is 23.3. The second-order valence-electron chi connectivity index (χ2n) is 6.57. The van der Waals surface area contributed by atoms with Gasteiger partial charge in [-0.3, -0.25) is 9.59 Å². The molecule has 0 fully saturated rings. The number of ether oxygens (including phenoxy) is 2. The first-order valence-corrected chi connectivity index (χ1v) is 9.62.